The van der Waals surface area contributed by atoms with E-state index in [-0.39, 0.29) is 5.91 Å². The molecule has 0 radical (unpaired) electrons. The van der Waals surface area contributed by atoms with Crippen LogP contribution in [0.4, 0.5) is 11.4 Å². The lowest BCUT2D eigenvalue weighted by atomic mass is 10.0. The number of carbonyl (C=O) groups excluding carboxylic acids is 1. The van der Waals surface area contributed by atoms with Crippen molar-refractivity contribution in [2.75, 3.05) is 12.4 Å². The lowest BCUT2D eigenvalue weighted by Crippen LogP contribution is -2.24. The van der Waals surface area contributed by atoms with Gasteiger partial charge in [-0.3, -0.25) is 4.79 Å². The molecule has 0 aliphatic heterocycles. The maximum absolute atomic E-state index is 12.4. The minimum absolute atomic E-state index is 0.222. The zero-order valence-corrected chi connectivity index (χ0v) is 16.7. The number of aryl methyl sites for hydroxylation is 3. The first-order chi connectivity index (χ1) is 13.5. The van der Waals surface area contributed by atoms with Gasteiger partial charge in [-0.25, -0.2) is 4.98 Å². The van der Waals surface area contributed by atoms with Crippen LogP contribution in [0.3, 0.4) is 0 Å². The van der Waals surface area contributed by atoms with Crippen LogP contribution in [0, 0.1) is 20.8 Å². The Morgan fingerprint density at radius 1 is 1.04 bits per heavy atom. The number of nitrogens with one attached hydrogen (secondary N) is 2. The van der Waals surface area contributed by atoms with Crippen molar-refractivity contribution in [1.29, 1.82) is 0 Å². The Labute approximate surface area is 165 Å². The zero-order chi connectivity index (χ0) is 20.1. The first-order valence-electron chi connectivity index (χ1n) is 9.19. The minimum Gasteiger partial charge on any atom is -0.496 e. The average molecular weight is 375 g/mol. The van der Waals surface area contributed by atoms with Crippen molar-refractivity contribution in [1.82, 2.24) is 10.3 Å². The number of hydrogen-bond acceptors (Lipinski definition) is 4. The molecule has 2 N–H and O–H groups in total. The molecule has 0 aliphatic rings. The zero-order valence-electron chi connectivity index (χ0n) is 16.7. The summed E-state index contributed by atoms with van der Waals surface area (Å²) < 4.78 is 5.31. The van der Waals surface area contributed by atoms with E-state index < -0.39 is 0 Å². The maximum Gasteiger partial charge on any atom is 0.270 e. The summed E-state index contributed by atoms with van der Waals surface area (Å²) >= 11 is 0. The number of hydrogen-bond donors (Lipinski definition) is 2. The first kappa shape index (κ1) is 19.4. The molecule has 5 heteroatoms. The molecule has 0 aliphatic carbocycles. The molecule has 0 saturated heterocycles. The highest BCUT2D eigenvalue weighted by Crippen LogP contribution is 2.25. The van der Waals surface area contributed by atoms with Gasteiger partial charge in [0.15, 0.2) is 0 Å². The molecule has 28 heavy (non-hydrogen) atoms. The molecule has 1 amide bonds. The predicted molar refractivity (Wildman–Crippen MR) is 112 cm³/mol. The van der Waals surface area contributed by atoms with E-state index in [4.69, 9.17) is 4.74 Å². The van der Waals surface area contributed by atoms with E-state index in [1.807, 2.05) is 30.3 Å². The summed E-state index contributed by atoms with van der Waals surface area (Å²) in [6.07, 6.45) is 1.68. The van der Waals surface area contributed by atoms with Crippen molar-refractivity contribution in [2.45, 2.75) is 27.3 Å². The summed E-state index contributed by atoms with van der Waals surface area (Å²) in [5.41, 5.74) is 6.80. The van der Waals surface area contributed by atoms with E-state index in [9.17, 15) is 4.79 Å². The van der Waals surface area contributed by atoms with Gasteiger partial charge >= 0.3 is 0 Å². The Kier molecular flexibility index (Phi) is 5.94. The number of benzene rings is 2. The summed E-state index contributed by atoms with van der Waals surface area (Å²) in [7, 11) is 1.62. The molecule has 0 bridgehead atoms. The van der Waals surface area contributed by atoms with Crippen molar-refractivity contribution in [2.24, 2.45) is 0 Å². The number of rotatable bonds is 6. The molecule has 3 aromatic rings. The molecule has 5 nitrogen and oxygen atoms in total. The molecule has 3 rings (SSSR count). The van der Waals surface area contributed by atoms with Crippen LogP contribution in [0.25, 0.3) is 0 Å². The van der Waals surface area contributed by atoms with Crippen molar-refractivity contribution in [3.63, 3.8) is 0 Å². The van der Waals surface area contributed by atoms with Gasteiger partial charge in [-0.1, -0.05) is 35.9 Å². The van der Waals surface area contributed by atoms with Gasteiger partial charge in [0.2, 0.25) is 0 Å². The highest BCUT2D eigenvalue weighted by molar-refractivity contribution is 5.92. The van der Waals surface area contributed by atoms with Crippen molar-refractivity contribution in [3.8, 4) is 5.75 Å². The minimum atomic E-state index is -0.222. The molecule has 144 valence electrons. The average Bonchev–Trinajstić information content (AvgIpc) is 2.69. The number of aromatic nitrogens is 1. The largest absolute Gasteiger partial charge is 0.496 e. The highest BCUT2D eigenvalue weighted by atomic mass is 16.5. The van der Waals surface area contributed by atoms with Crippen LogP contribution in [0.2, 0.25) is 0 Å². The van der Waals surface area contributed by atoms with Gasteiger partial charge in [-0.15, -0.1) is 0 Å². The topological polar surface area (TPSA) is 63.2 Å². The second-order valence-corrected chi connectivity index (χ2v) is 6.83. The Balaban J connectivity index is 1.66. The molecule has 0 unspecified atom stereocenters. The molecule has 0 fully saturated rings. The summed E-state index contributed by atoms with van der Waals surface area (Å²) in [5, 5.41) is 6.28. The van der Waals surface area contributed by atoms with Crippen molar-refractivity contribution < 1.29 is 9.53 Å². The van der Waals surface area contributed by atoms with E-state index in [0.717, 1.165) is 22.7 Å². The monoisotopic (exact) mass is 375 g/mol. The third-order valence-corrected chi connectivity index (χ3v) is 4.57. The lowest BCUT2D eigenvalue weighted by Gasteiger charge is -2.14. The molecular weight excluding hydrogens is 350 g/mol. The van der Waals surface area contributed by atoms with Crippen LogP contribution in [-0.2, 0) is 6.54 Å². The van der Waals surface area contributed by atoms with Crippen LogP contribution in [0.5, 0.6) is 5.75 Å². The molecule has 0 atom stereocenters. The number of ether oxygens (including phenoxy) is 1. The van der Waals surface area contributed by atoms with Crippen LogP contribution in [0.1, 0.15) is 32.7 Å². The smallest absolute Gasteiger partial charge is 0.270 e. The Hall–Kier alpha value is -3.34. The van der Waals surface area contributed by atoms with Gasteiger partial charge in [-0.2, -0.15) is 0 Å². The normalized spacial score (nSPS) is 10.4. The van der Waals surface area contributed by atoms with E-state index in [1.165, 1.54) is 16.7 Å². The molecule has 2 aromatic carbocycles. The van der Waals surface area contributed by atoms with E-state index in [0.29, 0.717) is 12.2 Å². The van der Waals surface area contributed by atoms with E-state index >= 15 is 0 Å². The third-order valence-electron chi connectivity index (χ3n) is 4.57. The van der Waals surface area contributed by atoms with Crippen LogP contribution in [0.15, 0.2) is 54.7 Å². The number of anilines is 2. The Bertz CT molecular complexity index is 958. The second kappa shape index (κ2) is 8.57. The van der Waals surface area contributed by atoms with Gasteiger partial charge in [0, 0.05) is 17.8 Å². The second-order valence-electron chi connectivity index (χ2n) is 6.83. The maximum atomic E-state index is 12.4. The summed E-state index contributed by atoms with van der Waals surface area (Å²) in [6, 6.07) is 15.5. The first-order valence-corrected chi connectivity index (χ1v) is 9.19. The third kappa shape index (κ3) is 4.49. The van der Waals surface area contributed by atoms with Gasteiger partial charge in [-0.05, 0) is 50.1 Å². The quantitative estimate of drug-likeness (QED) is 0.656. The molecular formula is C23H25N3O2. The predicted octanol–water partition coefficient (Wildman–Crippen LogP) is 4.69. The Morgan fingerprint density at radius 2 is 1.75 bits per heavy atom. The summed E-state index contributed by atoms with van der Waals surface area (Å²) in [4.78, 5) is 16.7. The van der Waals surface area contributed by atoms with Crippen LogP contribution < -0.4 is 15.4 Å². The number of amides is 1. The number of para-hydroxylation sites is 1. The standard InChI is InChI=1S/C23H25N3O2/c1-15-11-16(2)22(17(3)12-15)26-19-9-10-20(24-14-19)23(27)25-13-18-7-5-6-8-21(18)28-4/h5-12,14,26H,13H2,1-4H3,(H,25,27). The summed E-state index contributed by atoms with van der Waals surface area (Å²) in [5.74, 6) is 0.527. The Morgan fingerprint density at radius 3 is 2.39 bits per heavy atom. The number of nitrogens with zero attached hydrogens (tertiary/aromatic N) is 1. The van der Waals surface area contributed by atoms with Crippen molar-refractivity contribution in [3.05, 3.63) is 82.7 Å². The fraction of sp³-hybridized carbons (Fsp3) is 0.217. The fourth-order valence-corrected chi connectivity index (χ4v) is 3.24. The lowest BCUT2D eigenvalue weighted by molar-refractivity contribution is 0.0945. The number of pyridine rings is 1. The molecule has 0 saturated carbocycles. The fourth-order valence-electron chi connectivity index (χ4n) is 3.24. The highest BCUT2D eigenvalue weighted by Gasteiger charge is 2.10. The summed E-state index contributed by atoms with van der Waals surface area (Å²) in [6.45, 7) is 6.63. The van der Waals surface area contributed by atoms with Gasteiger partial charge < -0.3 is 15.4 Å². The van der Waals surface area contributed by atoms with E-state index in [2.05, 4.69) is 48.5 Å². The van der Waals surface area contributed by atoms with Crippen LogP contribution in [-0.4, -0.2) is 18.0 Å². The van der Waals surface area contributed by atoms with Gasteiger partial charge in [0.25, 0.3) is 5.91 Å². The van der Waals surface area contributed by atoms with E-state index in [1.54, 1.807) is 19.4 Å². The van der Waals surface area contributed by atoms with Gasteiger partial charge in [0.05, 0.1) is 19.0 Å². The number of methoxy groups -OCH3 is 1. The van der Waals surface area contributed by atoms with Gasteiger partial charge in [0.1, 0.15) is 11.4 Å². The molecule has 1 aromatic heterocycles. The van der Waals surface area contributed by atoms with Crippen LogP contribution >= 0.6 is 0 Å². The SMILES string of the molecule is COc1ccccc1CNC(=O)c1ccc(Nc2c(C)cc(C)cc2C)cn1. The molecule has 1 heterocycles. The van der Waals surface area contributed by atoms with Crippen molar-refractivity contribution >= 4 is 17.3 Å². The number of carbonyl (C=O) groups is 1. The molecule has 0 spiro atoms.